The Morgan fingerprint density at radius 2 is 1.27 bits per heavy atom. The first-order valence-corrected chi connectivity index (χ1v) is 8.64. The first-order valence-electron chi connectivity index (χ1n) is 8.64. The van der Waals surface area contributed by atoms with Gasteiger partial charge in [-0.1, -0.05) is 59.7 Å². The smallest absolute Gasteiger partial charge is 0.144 e. The third-order valence-electron chi connectivity index (χ3n) is 4.92. The quantitative estimate of drug-likeness (QED) is 0.606. The van der Waals surface area contributed by atoms with E-state index in [0.29, 0.717) is 27.8 Å². The third-order valence-corrected chi connectivity index (χ3v) is 4.92. The van der Waals surface area contributed by atoms with Gasteiger partial charge in [0.25, 0.3) is 0 Å². The van der Waals surface area contributed by atoms with E-state index in [2.05, 4.69) is 0 Å². The maximum atomic E-state index is 12.0. The molecule has 0 bridgehead atoms. The highest BCUT2D eigenvalue weighted by Gasteiger charge is 2.37. The van der Waals surface area contributed by atoms with Crippen LogP contribution in [0.2, 0.25) is 0 Å². The summed E-state index contributed by atoms with van der Waals surface area (Å²) in [6, 6.07) is 16.8. The Morgan fingerprint density at radius 1 is 0.692 bits per heavy atom. The molecule has 3 rings (SSSR count). The molecule has 134 valence electrons. The lowest BCUT2D eigenvalue weighted by molar-refractivity contribution is 0.122. The van der Waals surface area contributed by atoms with E-state index in [1.807, 2.05) is 62.4 Å². The number of phenolic OH excluding ortho intramolecular Hbond substituents is 2. The van der Waals surface area contributed by atoms with E-state index < -0.39 is 5.60 Å². The van der Waals surface area contributed by atoms with Crippen molar-refractivity contribution < 1.29 is 15.3 Å². The monoisotopic (exact) mass is 348 g/mol. The Hall–Kier alpha value is -2.78. The molecule has 3 aromatic rings. The fourth-order valence-corrected chi connectivity index (χ4v) is 3.58. The van der Waals surface area contributed by atoms with Crippen LogP contribution in [0, 0.1) is 27.7 Å². The zero-order valence-corrected chi connectivity index (χ0v) is 15.5. The van der Waals surface area contributed by atoms with Gasteiger partial charge in [-0.05, 0) is 50.5 Å². The van der Waals surface area contributed by atoms with Crippen molar-refractivity contribution in [1.29, 1.82) is 0 Å². The molecular formula is C23H24O3. The molecule has 0 aliphatic heterocycles. The van der Waals surface area contributed by atoms with Crippen LogP contribution in [0.5, 0.6) is 11.5 Å². The fraction of sp³-hybridized carbons (Fsp3) is 0.217. The predicted octanol–water partition coefficient (Wildman–Crippen LogP) is 4.62. The van der Waals surface area contributed by atoms with Gasteiger partial charge >= 0.3 is 0 Å². The molecule has 3 aromatic carbocycles. The Labute approximate surface area is 154 Å². The molecule has 0 aromatic heterocycles. The van der Waals surface area contributed by atoms with Crippen LogP contribution >= 0.6 is 0 Å². The Morgan fingerprint density at radius 3 is 1.85 bits per heavy atom. The van der Waals surface area contributed by atoms with Gasteiger partial charge in [0.15, 0.2) is 0 Å². The highest BCUT2D eigenvalue weighted by atomic mass is 16.3. The molecule has 1 atom stereocenters. The van der Waals surface area contributed by atoms with Gasteiger partial charge in [0, 0.05) is 11.1 Å². The molecule has 3 N–H and O–H groups in total. The minimum absolute atomic E-state index is 0.0436. The minimum Gasteiger partial charge on any atom is -0.507 e. The van der Waals surface area contributed by atoms with Gasteiger partial charge in [-0.25, -0.2) is 0 Å². The van der Waals surface area contributed by atoms with Crippen molar-refractivity contribution in [3.63, 3.8) is 0 Å². The molecular weight excluding hydrogens is 324 g/mol. The summed E-state index contributed by atoms with van der Waals surface area (Å²) in [5, 5.41) is 32.9. The minimum atomic E-state index is -1.54. The van der Waals surface area contributed by atoms with Crippen molar-refractivity contribution in [3.8, 4) is 11.5 Å². The number of benzene rings is 3. The van der Waals surface area contributed by atoms with Crippen LogP contribution in [-0.4, -0.2) is 15.3 Å². The molecule has 0 saturated heterocycles. The molecule has 0 heterocycles. The lowest BCUT2D eigenvalue weighted by atomic mass is 9.78. The van der Waals surface area contributed by atoms with Crippen molar-refractivity contribution in [3.05, 3.63) is 93.5 Å². The van der Waals surface area contributed by atoms with E-state index in [1.165, 1.54) is 0 Å². The van der Waals surface area contributed by atoms with E-state index in [9.17, 15) is 15.3 Å². The van der Waals surface area contributed by atoms with Crippen molar-refractivity contribution in [2.75, 3.05) is 0 Å². The van der Waals surface area contributed by atoms with Crippen LogP contribution < -0.4 is 0 Å². The van der Waals surface area contributed by atoms with Gasteiger partial charge in [-0.2, -0.15) is 0 Å². The highest BCUT2D eigenvalue weighted by molar-refractivity contribution is 5.60. The van der Waals surface area contributed by atoms with Crippen molar-refractivity contribution in [2.24, 2.45) is 0 Å². The number of hydrogen-bond donors (Lipinski definition) is 3. The van der Waals surface area contributed by atoms with Crippen LogP contribution in [0.4, 0.5) is 0 Å². The lowest BCUT2D eigenvalue weighted by Crippen LogP contribution is -2.29. The number of phenols is 2. The second-order valence-corrected chi connectivity index (χ2v) is 7.02. The zero-order chi connectivity index (χ0) is 19.1. The number of aliphatic hydroxyl groups is 1. The molecule has 0 saturated carbocycles. The van der Waals surface area contributed by atoms with Crippen LogP contribution in [0.15, 0.2) is 54.6 Å². The average molecular weight is 348 g/mol. The van der Waals surface area contributed by atoms with Crippen LogP contribution in [-0.2, 0) is 5.60 Å². The predicted molar refractivity (Wildman–Crippen MR) is 104 cm³/mol. The second kappa shape index (κ2) is 6.50. The molecule has 0 aliphatic rings. The summed E-state index contributed by atoms with van der Waals surface area (Å²) < 4.78 is 0. The molecule has 0 aliphatic carbocycles. The number of aryl methyl sites for hydroxylation is 3. The molecule has 3 heteroatoms. The molecule has 0 fully saturated rings. The van der Waals surface area contributed by atoms with Gasteiger partial charge in [-0.15, -0.1) is 0 Å². The number of hydrogen-bond acceptors (Lipinski definition) is 3. The highest BCUT2D eigenvalue weighted by Crippen LogP contribution is 2.45. The van der Waals surface area contributed by atoms with Gasteiger partial charge in [-0.3, -0.25) is 0 Å². The lowest BCUT2D eigenvalue weighted by Gasteiger charge is -2.32. The van der Waals surface area contributed by atoms with Gasteiger partial charge in [0.1, 0.15) is 17.1 Å². The van der Waals surface area contributed by atoms with Crippen LogP contribution in [0.1, 0.15) is 38.9 Å². The summed E-state index contributed by atoms with van der Waals surface area (Å²) in [5.74, 6) is -0.0549. The molecule has 0 radical (unpaired) electrons. The van der Waals surface area contributed by atoms with Gasteiger partial charge in [0.05, 0.1) is 0 Å². The zero-order valence-electron chi connectivity index (χ0n) is 15.5. The Kier molecular flexibility index (Phi) is 4.51. The average Bonchev–Trinajstić information content (AvgIpc) is 2.62. The normalized spacial score (nSPS) is 13.4. The van der Waals surface area contributed by atoms with Crippen LogP contribution in [0.3, 0.4) is 0 Å². The SMILES string of the molecule is Cc1cc(C)cc(C(O)(c2ccccc2)c2cc(C)c(O)c(C)c2O)c1. The molecule has 0 spiro atoms. The summed E-state index contributed by atoms with van der Waals surface area (Å²) >= 11 is 0. The molecule has 1 unspecified atom stereocenters. The molecule has 0 amide bonds. The van der Waals surface area contributed by atoms with Crippen LogP contribution in [0.25, 0.3) is 0 Å². The standard InChI is InChI=1S/C23H24O3/c1-14-10-15(2)12-19(11-14)23(26,18-8-6-5-7-9-18)20-13-16(3)21(24)17(4)22(20)25/h5-13,24-26H,1-4H3. The summed E-state index contributed by atoms with van der Waals surface area (Å²) in [4.78, 5) is 0. The maximum absolute atomic E-state index is 12.0. The van der Waals surface area contributed by atoms with Crippen molar-refractivity contribution >= 4 is 0 Å². The molecule has 3 nitrogen and oxygen atoms in total. The van der Waals surface area contributed by atoms with Crippen molar-refractivity contribution in [1.82, 2.24) is 0 Å². The second-order valence-electron chi connectivity index (χ2n) is 7.02. The Bertz CT molecular complexity index is 941. The Balaban J connectivity index is 2.41. The van der Waals surface area contributed by atoms with Gasteiger partial charge < -0.3 is 15.3 Å². The topological polar surface area (TPSA) is 60.7 Å². The van der Waals surface area contributed by atoms with Gasteiger partial charge in [0.2, 0.25) is 0 Å². The first kappa shape index (κ1) is 18.0. The summed E-state index contributed by atoms with van der Waals surface area (Å²) in [5.41, 5.74) is 3.19. The maximum Gasteiger partial charge on any atom is 0.144 e. The number of rotatable bonds is 3. The van der Waals surface area contributed by atoms with Crippen molar-refractivity contribution in [2.45, 2.75) is 33.3 Å². The first-order chi connectivity index (χ1) is 12.2. The van der Waals surface area contributed by atoms with E-state index in [4.69, 9.17) is 0 Å². The third kappa shape index (κ3) is 2.85. The van der Waals surface area contributed by atoms with E-state index >= 15 is 0 Å². The number of aromatic hydroxyl groups is 2. The van der Waals surface area contributed by atoms with E-state index in [-0.39, 0.29) is 11.5 Å². The summed E-state index contributed by atoms with van der Waals surface area (Å²) in [6.45, 7) is 7.37. The van der Waals surface area contributed by atoms with E-state index in [0.717, 1.165) is 11.1 Å². The largest absolute Gasteiger partial charge is 0.507 e. The van der Waals surface area contributed by atoms with E-state index in [1.54, 1.807) is 19.9 Å². The summed E-state index contributed by atoms with van der Waals surface area (Å²) in [6.07, 6.45) is 0. The summed E-state index contributed by atoms with van der Waals surface area (Å²) in [7, 11) is 0. The molecule has 26 heavy (non-hydrogen) atoms. The fourth-order valence-electron chi connectivity index (χ4n) is 3.58.